The third-order valence-corrected chi connectivity index (χ3v) is 4.51. The minimum atomic E-state index is -0.966. The highest BCUT2D eigenvalue weighted by atomic mass is 16.5. The van der Waals surface area contributed by atoms with E-state index in [4.69, 9.17) is 10.5 Å². The number of H-pyrrole nitrogens is 1. The first-order valence-electron chi connectivity index (χ1n) is 7.97. The number of aromatic amines is 1. The summed E-state index contributed by atoms with van der Waals surface area (Å²) in [6, 6.07) is 17.3. The van der Waals surface area contributed by atoms with E-state index in [1.165, 1.54) is 0 Å². The SMILES string of the molecule is COc1ccc(C(c2c(C)[nH]c3ccccc23)C(C#N)C(N)=O)cc1. The number of fused-ring (bicyclic) bond motifs is 1. The molecule has 1 heterocycles. The number of aromatic nitrogens is 1. The van der Waals surface area contributed by atoms with E-state index in [1.807, 2.05) is 55.5 Å². The van der Waals surface area contributed by atoms with Gasteiger partial charge >= 0.3 is 0 Å². The Kier molecular flexibility index (Phi) is 4.44. The summed E-state index contributed by atoms with van der Waals surface area (Å²) < 4.78 is 5.21. The first-order chi connectivity index (χ1) is 12.1. The summed E-state index contributed by atoms with van der Waals surface area (Å²) in [6.45, 7) is 1.95. The topological polar surface area (TPSA) is 91.9 Å². The van der Waals surface area contributed by atoms with Crippen LogP contribution in [0.2, 0.25) is 0 Å². The van der Waals surface area contributed by atoms with Crippen LogP contribution < -0.4 is 10.5 Å². The number of amides is 1. The number of hydrogen-bond acceptors (Lipinski definition) is 3. The number of nitrogens with one attached hydrogen (secondary N) is 1. The van der Waals surface area contributed by atoms with Gasteiger partial charge in [-0.25, -0.2) is 0 Å². The van der Waals surface area contributed by atoms with Gasteiger partial charge in [0, 0.05) is 22.5 Å². The number of ether oxygens (including phenoxy) is 1. The molecule has 2 atom stereocenters. The summed E-state index contributed by atoms with van der Waals surface area (Å²) in [7, 11) is 1.60. The highest BCUT2D eigenvalue weighted by Crippen LogP contribution is 2.38. The Labute approximate surface area is 146 Å². The average molecular weight is 333 g/mol. The van der Waals surface area contributed by atoms with Crippen LogP contribution in [0.1, 0.15) is 22.7 Å². The summed E-state index contributed by atoms with van der Waals surface area (Å²) in [6.07, 6.45) is 0. The van der Waals surface area contributed by atoms with E-state index in [9.17, 15) is 10.1 Å². The lowest BCUT2D eigenvalue weighted by molar-refractivity contribution is -0.120. The highest BCUT2D eigenvalue weighted by molar-refractivity contribution is 5.88. The van der Waals surface area contributed by atoms with Gasteiger partial charge in [-0.1, -0.05) is 30.3 Å². The molecule has 0 aliphatic carbocycles. The second-order valence-corrected chi connectivity index (χ2v) is 5.97. The van der Waals surface area contributed by atoms with E-state index >= 15 is 0 Å². The molecule has 3 rings (SSSR count). The Hall–Kier alpha value is -3.26. The van der Waals surface area contributed by atoms with Crippen LogP contribution >= 0.6 is 0 Å². The molecule has 0 fully saturated rings. The molecule has 3 aromatic rings. The van der Waals surface area contributed by atoms with E-state index in [1.54, 1.807) is 7.11 Å². The highest BCUT2D eigenvalue weighted by Gasteiger charge is 2.32. The van der Waals surface area contributed by atoms with E-state index < -0.39 is 17.7 Å². The number of nitrogens with zero attached hydrogens (tertiary/aromatic N) is 1. The molecule has 2 aromatic carbocycles. The van der Waals surface area contributed by atoms with Crippen LogP contribution in [0.15, 0.2) is 48.5 Å². The maximum Gasteiger partial charge on any atom is 0.235 e. The van der Waals surface area contributed by atoms with Gasteiger partial charge in [0.2, 0.25) is 5.91 Å². The predicted octanol–water partition coefficient (Wildman–Crippen LogP) is 3.24. The number of carbonyl (C=O) groups is 1. The van der Waals surface area contributed by atoms with Crippen LogP contribution in [0.5, 0.6) is 5.75 Å². The number of nitrogens with two attached hydrogens (primary N) is 1. The quantitative estimate of drug-likeness (QED) is 0.751. The fourth-order valence-corrected chi connectivity index (χ4v) is 3.34. The van der Waals surface area contributed by atoms with E-state index in [0.717, 1.165) is 27.7 Å². The largest absolute Gasteiger partial charge is 0.497 e. The van der Waals surface area contributed by atoms with Crippen molar-refractivity contribution in [3.63, 3.8) is 0 Å². The molecule has 0 spiro atoms. The molecular weight excluding hydrogens is 314 g/mol. The zero-order chi connectivity index (χ0) is 18.0. The number of benzene rings is 2. The smallest absolute Gasteiger partial charge is 0.235 e. The van der Waals surface area contributed by atoms with Crippen molar-refractivity contribution in [1.29, 1.82) is 5.26 Å². The molecule has 25 heavy (non-hydrogen) atoms. The lowest BCUT2D eigenvalue weighted by Gasteiger charge is -2.21. The molecule has 0 bridgehead atoms. The number of primary amides is 1. The van der Waals surface area contributed by atoms with Crippen molar-refractivity contribution in [2.24, 2.45) is 11.7 Å². The van der Waals surface area contributed by atoms with Gasteiger partial charge in [0.05, 0.1) is 13.2 Å². The normalized spacial score (nSPS) is 13.2. The molecule has 0 saturated heterocycles. The molecular formula is C20H19N3O2. The molecule has 3 N–H and O–H groups in total. The van der Waals surface area contributed by atoms with Gasteiger partial charge in [0.25, 0.3) is 0 Å². The number of para-hydroxylation sites is 1. The molecule has 5 heteroatoms. The van der Waals surface area contributed by atoms with Crippen molar-refractivity contribution in [3.05, 3.63) is 65.4 Å². The number of rotatable bonds is 5. The second kappa shape index (κ2) is 6.70. The summed E-state index contributed by atoms with van der Waals surface area (Å²) in [5.74, 6) is -1.34. The van der Waals surface area contributed by atoms with Crippen molar-refractivity contribution in [3.8, 4) is 11.8 Å². The Bertz CT molecular complexity index is 951. The molecule has 1 amide bonds. The number of aryl methyl sites for hydroxylation is 1. The molecule has 2 unspecified atom stereocenters. The zero-order valence-corrected chi connectivity index (χ0v) is 14.1. The third kappa shape index (κ3) is 2.94. The fraction of sp³-hybridized carbons (Fsp3) is 0.200. The lowest BCUT2D eigenvalue weighted by Crippen LogP contribution is -2.28. The van der Waals surface area contributed by atoms with Gasteiger partial charge in [-0.15, -0.1) is 0 Å². The van der Waals surface area contributed by atoms with Crippen molar-refractivity contribution in [2.45, 2.75) is 12.8 Å². The lowest BCUT2D eigenvalue weighted by atomic mass is 9.79. The molecule has 0 radical (unpaired) electrons. The standard InChI is InChI=1S/C20H19N3O2/c1-12-18(15-5-3-4-6-17(15)23-12)19(16(11-21)20(22)24)13-7-9-14(25-2)10-8-13/h3-10,16,19,23H,1-2H3,(H2,22,24). The summed E-state index contributed by atoms with van der Waals surface area (Å²) in [5.41, 5.74) is 9.20. The average Bonchev–Trinajstić information content (AvgIpc) is 2.95. The molecule has 5 nitrogen and oxygen atoms in total. The number of methoxy groups -OCH3 is 1. The minimum absolute atomic E-state index is 0.454. The van der Waals surface area contributed by atoms with Crippen LogP contribution in [-0.2, 0) is 4.79 Å². The summed E-state index contributed by atoms with van der Waals surface area (Å²) >= 11 is 0. The molecule has 0 saturated carbocycles. The van der Waals surface area contributed by atoms with Gasteiger partial charge in [-0.3, -0.25) is 4.79 Å². The summed E-state index contributed by atoms with van der Waals surface area (Å²) in [5, 5.41) is 10.6. The Balaban J connectivity index is 2.24. The predicted molar refractivity (Wildman–Crippen MR) is 96.2 cm³/mol. The second-order valence-electron chi connectivity index (χ2n) is 5.97. The van der Waals surface area contributed by atoms with Crippen LogP contribution in [0.4, 0.5) is 0 Å². The van der Waals surface area contributed by atoms with Gasteiger partial charge in [0.15, 0.2) is 0 Å². The molecule has 0 aliphatic heterocycles. The van der Waals surface area contributed by atoms with E-state index in [2.05, 4.69) is 11.1 Å². The summed E-state index contributed by atoms with van der Waals surface area (Å²) in [4.78, 5) is 15.3. The van der Waals surface area contributed by atoms with Gasteiger partial charge < -0.3 is 15.5 Å². The van der Waals surface area contributed by atoms with Gasteiger partial charge in [-0.2, -0.15) is 5.26 Å². The van der Waals surface area contributed by atoms with Crippen LogP contribution in [0, 0.1) is 24.2 Å². The van der Waals surface area contributed by atoms with Crippen LogP contribution in [0.25, 0.3) is 10.9 Å². The molecule has 126 valence electrons. The minimum Gasteiger partial charge on any atom is -0.497 e. The monoisotopic (exact) mass is 333 g/mol. The maximum absolute atomic E-state index is 12.0. The van der Waals surface area contributed by atoms with Crippen LogP contribution in [-0.4, -0.2) is 18.0 Å². The van der Waals surface area contributed by atoms with E-state index in [-0.39, 0.29) is 0 Å². The van der Waals surface area contributed by atoms with Gasteiger partial charge in [0.1, 0.15) is 11.7 Å². The molecule has 1 aromatic heterocycles. The number of carbonyl (C=O) groups excluding carboxylic acids is 1. The first kappa shape index (κ1) is 16.6. The Morgan fingerprint density at radius 3 is 2.48 bits per heavy atom. The first-order valence-corrected chi connectivity index (χ1v) is 7.97. The van der Waals surface area contributed by atoms with E-state index in [0.29, 0.717) is 5.75 Å². The van der Waals surface area contributed by atoms with Crippen LogP contribution in [0.3, 0.4) is 0 Å². The van der Waals surface area contributed by atoms with Crippen molar-refractivity contribution in [2.75, 3.05) is 7.11 Å². The van der Waals surface area contributed by atoms with Crippen molar-refractivity contribution < 1.29 is 9.53 Å². The molecule has 0 aliphatic rings. The number of nitriles is 1. The third-order valence-electron chi connectivity index (χ3n) is 4.51. The fourth-order valence-electron chi connectivity index (χ4n) is 3.34. The Morgan fingerprint density at radius 1 is 1.20 bits per heavy atom. The van der Waals surface area contributed by atoms with Gasteiger partial charge in [-0.05, 0) is 36.2 Å². The van der Waals surface area contributed by atoms with Crippen molar-refractivity contribution >= 4 is 16.8 Å². The number of hydrogen-bond donors (Lipinski definition) is 2. The zero-order valence-electron chi connectivity index (χ0n) is 14.1. The maximum atomic E-state index is 12.0. The Morgan fingerprint density at radius 2 is 1.88 bits per heavy atom. The van der Waals surface area contributed by atoms with Crippen molar-refractivity contribution in [1.82, 2.24) is 4.98 Å².